The molecule has 2 aromatic rings. The fourth-order valence-electron chi connectivity index (χ4n) is 3.23. The summed E-state index contributed by atoms with van der Waals surface area (Å²) in [7, 11) is 1.64. The number of hydrogen-bond donors (Lipinski definition) is 0. The third-order valence-electron chi connectivity index (χ3n) is 4.51. The Morgan fingerprint density at radius 3 is 2.80 bits per heavy atom. The van der Waals surface area contributed by atoms with E-state index < -0.39 is 0 Å². The third-order valence-corrected chi connectivity index (χ3v) is 4.51. The van der Waals surface area contributed by atoms with Gasteiger partial charge in [-0.05, 0) is 30.5 Å². The molecule has 1 saturated heterocycles. The number of rotatable bonds is 4. The van der Waals surface area contributed by atoms with Crippen LogP contribution in [0.15, 0.2) is 30.6 Å². The second kappa shape index (κ2) is 7.79. The molecule has 3 rings (SSSR count). The van der Waals surface area contributed by atoms with Crippen LogP contribution in [0.5, 0.6) is 5.75 Å². The molecule has 2 heterocycles. The van der Waals surface area contributed by atoms with E-state index in [1.165, 1.54) is 11.0 Å². The topological polar surface area (TPSA) is 84.0 Å². The lowest BCUT2D eigenvalue weighted by molar-refractivity contribution is -0.134. The molecule has 1 aromatic heterocycles. The number of aromatic nitrogens is 3. The summed E-state index contributed by atoms with van der Waals surface area (Å²) in [5.41, 5.74) is 1.12. The summed E-state index contributed by atoms with van der Waals surface area (Å²) in [4.78, 5) is 18.6. The number of carbonyl (C=O) groups excluding carboxylic acids is 1. The maximum absolute atomic E-state index is 12.9. The number of amides is 1. The van der Waals surface area contributed by atoms with Gasteiger partial charge in [0.2, 0.25) is 5.91 Å². The van der Waals surface area contributed by atoms with E-state index in [0.717, 1.165) is 43.5 Å². The van der Waals surface area contributed by atoms with Crippen molar-refractivity contribution in [2.75, 3.05) is 13.7 Å². The molecule has 1 aliphatic rings. The van der Waals surface area contributed by atoms with Crippen molar-refractivity contribution in [2.45, 2.75) is 38.3 Å². The zero-order valence-corrected chi connectivity index (χ0v) is 14.3. The molecular weight excluding hydrogens is 318 g/mol. The predicted octanol–water partition coefficient (Wildman–Crippen LogP) is 2.30. The van der Waals surface area contributed by atoms with Gasteiger partial charge in [0.05, 0.1) is 13.2 Å². The standard InChI is InChI=1S/C18H21N5O2/c1-25-15-8-6-14(7-9-15)16-5-3-2-4-10-23(16)18(24)12-22-13-20-17(11-19)21-22/h6-9,13,16H,2-5,10,12H2,1H3/t16-/m1/s1. The first-order valence-electron chi connectivity index (χ1n) is 8.44. The number of nitriles is 1. The molecule has 1 aromatic carbocycles. The lowest BCUT2D eigenvalue weighted by atomic mass is 10.0. The Morgan fingerprint density at radius 1 is 1.32 bits per heavy atom. The van der Waals surface area contributed by atoms with Gasteiger partial charge in [-0.25, -0.2) is 9.67 Å². The number of likely N-dealkylation sites (tertiary alicyclic amines) is 1. The molecule has 0 N–H and O–H groups in total. The molecule has 0 aliphatic carbocycles. The van der Waals surface area contributed by atoms with Crippen LogP contribution in [0, 0.1) is 11.3 Å². The Hall–Kier alpha value is -2.88. The smallest absolute Gasteiger partial charge is 0.252 e. The molecule has 1 amide bonds. The Kier molecular flexibility index (Phi) is 5.29. The maximum atomic E-state index is 12.9. The second-order valence-corrected chi connectivity index (χ2v) is 6.10. The highest BCUT2D eigenvalue weighted by molar-refractivity contribution is 5.76. The van der Waals surface area contributed by atoms with Gasteiger partial charge in [-0.15, -0.1) is 5.10 Å². The largest absolute Gasteiger partial charge is 0.497 e. The first-order chi connectivity index (χ1) is 12.2. The summed E-state index contributed by atoms with van der Waals surface area (Å²) < 4.78 is 6.65. The van der Waals surface area contributed by atoms with Gasteiger partial charge in [-0.1, -0.05) is 25.0 Å². The Bertz CT molecular complexity index is 763. The van der Waals surface area contributed by atoms with Crippen molar-refractivity contribution < 1.29 is 9.53 Å². The molecule has 7 heteroatoms. The summed E-state index contributed by atoms with van der Waals surface area (Å²) in [6.45, 7) is 0.830. The molecule has 0 bridgehead atoms. The van der Waals surface area contributed by atoms with Crippen LogP contribution < -0.4 is 4.74 Å². The highest BCUT2D eigenvalue weighted by atomic mass is 16.5. The van der Waals surface area contributed by atoms with Crippen LogP contribution in [0.25, 0.3) is 0 Å². The molecular formula is C18H21N5O2. The maximum Gasteiger partial charge on any atom is 0.252 e. The molecule has 1 atom stereocenters. The summed E-state index contributed by atoms with van der Waals surface area (Å²) in [6, 6.07) is 9.84. The minimum Gasteiger partial charge on any atom is -0.497 e. The molecule has 25 heavy (non-hydrogen) atoms. The quantitative estimate of drug-likeness (QED) is 0.853. The molecule has 1 fully saturated rings. The Labute approximate surface area is 146 Å². The zero-order chi connectivity index (χ0) is 17.6. The Balaban J connectivity index is 1.79. The van der Waals surface area contributed by atoms with Crippen molar-refractivity contribution in [3.63, 3.8) is 0 Å². The molecule has 0 radical (unpaired) electrons. The molecule has 130 valence electrons. The van der Waals surface area contributed by atoms with Crippen molar-refractivity contribution in [2.24, 2.45) is 0 Å². The minimum atomic E-state index is -0.00268. The molecule has 0 spiro atoms. The molecule has 0 unspecified atom stereocenters. The van der Waals surface area contributed by atoms with Crippen LogP contribution in [-0.2, 0) is 11.3 Å². The Morgan fingerprint density at radius 2 is 2.12 bits per heavy atom. The monoisotopic (exact) mass is 339 g/mol. The van der Waals surface area contributed by atoms with Crippen LogP contribution in [-0.4, -0.2) is 39.2 Å². The van der Waals surface area contributed by atoms with E-state index in [9.17, 15) is 4.79 Å². The van der Waals surface area contributed by atoms with Gasteiger partial charge >= 0.3 is 0 Å². The molecule has 0 saturated carbocycles. The van der Waals surface area contributed by atoms with Crippen molar-refractivity contribution >= 4 is 5.91 Å². The summed E-state index contributed by atoms with van der Waals surface area (Å²) in [5.74, 6) is 0.884. The van der Waals surface area contributed by atoms with Gasteiger partial charge in [-0.2, -0.15) is 5.26 Å². The normalized spacial score (nSPS) is 17.6. The van der Waals surface area contributed by atoms with Crippen LogP contribution in [0.2, 0.25) is 0 Å². The van der Waals surface area contributed by atoms with Gasteiger partial charge in [0.1, 0.15) is 24.7 Å². The van der Waals surface area contributed by atoms with Crippen LogP contribution in [0.3, 0.4) is 0 Å². The van der Waals surface area contributed by atoms with Gasteiger partial charge in [0, 0.05) is 6.54 Å². The van der Waals surface area contributed by atoms with Crippen LogP contribution in [0.1, 0.15) is 43.1 Å². The fourth-order valence-corrected chi connectivity index (χ4v) is 3.23. The number of hydrogen-bond acceptors (Lipinski definition) is 5. The van der Waals surface area contributed by atoms with Crippen molar-refractivity contribution in [3.8, 4) is 11.8 Å². The average molecular weight is 339 g/mol. The SMILES string of the molecule is COc1ccc([C@H]2CCCCCN2C(=O)Cn2cnc(C#N)n2)cc1. The molecule has 1 aliphatic heterocycles. The number of methoxy groups -OCH3 is 1. The van der Waals surface area contributed by atoms with Crippen molar-refractivity contribution in [1.29, 1.82) is 5.26 Å². The second-order valence-electron chi connectivity index (χ2n) is 6.10. The predicted molar refractivity (Wildman–Crippen MR) is 90.7 cm³/mol. The minimum absolute atomic E-state index is 0.00268. The van der Waals surface area contributed by atoms with E-state index in [4.69, 9.17) is 10.00 Å². The lowest BCUT2D eigenvalue weighted by Crippen LogP contribution is -2.37. The zero-order valence-electron chi connectivity index (χ0n) is 14.3. The van der Waals surface area contributed by atoms with Crippen LogP contribution in [0.4, 0.5) is 0 Å². The molecule has 7 nitrogen and oxygen atoms in total. The number of ether oxygens (including phenoxy) is 1. The van der Waals surface area contributed by atoms with E-state index in [-0.39, 0.29) is 24.3 Å². The first kappa shape index (κ1) is 17.0. The van der Waals surface area contributed by atoms with Gasteiger partial charge in [0.15, 0.2) is 0 Å². The van der Waals surface area contributed by atoms with E-state index in [1.54, 1.807) is 7.11 Å². The lowest BCUT2D eigenvalue weighted by Gasteiger charge is -2.30. The summed E-state index contributed by atoms with van der Waals surface area (Å²) in [6.07, 6.45) is 5.59. The van der Waals surface area contributed by atoms with Crippen molar-refractivity contribution in [1.82, 2.24) is 19.7 Å². The number of carbonyl (C=O) groups is 1. The first-order valence-corrected chi connectivity index (χ1v) is 8.44. The summed E-state index contributed by atoms with van der Waals surface area (Å²) in [5, 5.41) is 12.8. The van der Waals surface area contributed by atoms with E-state index >= 15 is 0 Å². The highest BCUT2D eigenvalue weighted by Crippen LogP contribution is 2.31. The van der Waals surface area contributed by atoms with Crippen LogP contribution >= 0.6 is 0 Å². The van der Waals surface area contributed by atoms with Gasteiger partial charge in [-0.3, -0.25) is 4.79 Å². The summed E-state index contributed by atoms with van der Waals surface area (Å²) >= 11 is 0. The van der Waals surface area contributed by atoms with Gasteiger partial charge in [0.25, 0.3) is 5.82 Å². The van der Waals surface area contributed by atoms with E-state index in [0.29, 0.717) is 0 Å². The van der Waals surface area contributed by atoms with Crippen molar-refractivity contribution in [3.05, 3.63) is 42.0 Å². The van der Waals surface area contributed by atoms with E-state index in [2.05, 4.69) is 10.1 Å². The third kappa shape index (κ3) is 3.97. The average Bonchev–Trinajstić information content (AvgIpc) is 2.95. The fraction of sp³-hybridized carbons (Fsp3) is 0.444. The highest BCUT2D eigenvalue weighted by Gasteiger charge is 2.27. The van der Waals surface area contributed by atoms with E-state index in [1.807, 2.05) is 35.2 Å². The number of benzene rings is 1. The van der Waals surface area contributed by atoms with Gasteiger partial charge < -0.3 is 9.64 Å². The number of nitrogens with zero attached hydrogens (tertiary/aromatic N) is 5.